The minimum atomic E-state index is -1.51. The third-order valence-electron chi connectivity index (χ3n) is 4.13. The first kappa shape index (κ1) is 28.5. The fourth-order valence-electron chi connectivity index (χ4n) is 2.40. The molecule has 0 radical (unpaired) electrons. The summed E-state index contributed by atoms with van der Waals surface area (Å²) in [6.07, 6.45) is -1.59. The second-order valence-electron chi connectivity index (χ2n) is 7.08. The number of carbonyl (C=O) groups is 5. The molecule has 0 rings (SSSR count). The van der Waals surface area contributed by atoms with Gasteiger partial charge in [-0.1, -0.05) is 0 Å². The fraction of sp³-hybridized carbons (Fsp3) is 0.647. The molecule has 0 aromatic heterocycles. The largest absolute Gasteiger partial charge is 0.480 e. The number of nitrogens with two attached hydrogens (primary N) is 4. The number of amides is 4. The van der Waals surface area contributed by atoms with Gasteiger partial charge in [-0.3, -0.25) is 24.2 Å². The normalized spacial score (nSPS) is 15.2. The molecule has 0 aliphatic heterocycles. The average Bonchev–Trinajstić information content (AvgIpc) is 2.66. The smallest absolute Gasteiger partial charge is 0.326 e. The molecule has 4 amide bonds. The highest BCUT2D eigenvalue weighted by Gasteiger charge is 2.31. The van der Waals surface area contributed by atoms with Crippen LogP contribution in [0.3, 0.4) is 0 Å². The molecule has 0 saturated heterocycles. The number of nitrogens with one attached hydrogen (secondary N) is 3. The third kappa shape index (κ3) is 11.1. The standard InChI is InChI=1S/C17H32N8O7/c1-7(23-14(29)9(18)6-11(19)27)13(28)25-12(8(2)26)15(30)24-10(16(31)32)4-3-5-22-17(20)21/h7-10,12,26H,3-6,18H2,1-2H3,(H2,19,27)(H,23,29)(H,24,30)(H,25,28)(H,31,32)(H4,20,21,22). The first-order valence-electron chi connectivity index (χ1n) is 9.67. The first-order valence-corrected chi connectivity index (χ1v) is 9.67. The predicted molar refractivity (Wildman–Crippen MR) is 112 cm³/mol. The van der Waals surface area contributed by atoms with E-state index >= 15 is 0 Å². The van der Waals surface area contributed by atoms with Gasteiger partial charge in [0.05, 0.1) is 18.6 Å². The Bertz CT molecular complexity index is 724. The van der Waals surface area contributed by atoms with E-state index in [2.05, 4.69) is 20.9 Å². The van der Waals surface area contributed by atoms with Crippen molar-refractivity contribution in [2.24, 2.45) is 27.9 Å². The molecule has 0 saturated carbocycles. The Hall–Kier alpha value is -3.46. The quantitative estimate of drug-likeness (QED) is 0.0677. The number of carboxylic acids is 1. The van der Waals surface area contributed by atoms with E-state index in [0.29, 0.717) is 0 Å². The second kappa shape index (κ2) is 13.8. The van der Waals surface area contributed by atoms with Gasteiger partial charge in [-0.2, -0.15) is 0 Å². The van der Waals surface area contributed by atoms with Crippen molar-refractivity contribution in [2.45, 2.75) is 63.4 Å². The number of aliphatic imine (C=N–C) groups is 1. The van der Waals surface area contributed by atoms with Gasteiger partial charge in [0.1, 0.15) is 18.1 Å². The summed E-state index contributed by atoms with van der Waals surface area (Å²) < 4.78 is 0. The summed E-state index contributed by atoms with van der Waals surface area (Å²) in [6, 6.07) is -5.29. The van der Waals surface area contributed by atoms with Gasteiger partial charge in [-0.15, -0.1) is 0 Å². The van der Waals surface area contributed by atoms with E-state index in [4.69, 9.17) is 22.9 Å². The van der Waals surface area contributed by atoms with Crippen molar-refractivity contribution in [3.8, 4) is 0 Å². The molecule has 5 unspecified atom stereocenters. The van der Waals surface area contributed by atoms with Crippen LogP contribution in [0, 0.1) is 0 Å². The van der Waals surface area contributed by atoms with E-state index in [0.717, 1.165) is 0 Å². The van der Waals surface area contributed by atoms with E-state index in [1.54, 1.807) is 0 Å². The predicted octanol–water partition coefficient (Wildman–Crippen LogP) is -4.82. The highest BCUT2D eigenvalue weighted by atomic mass is 16.4. The van der Waals surface area contributed by atoms with Crippen LogP contribution in [0.25, 0.3) is 0 Å². The molecular formula is C17H32N8O7. The molecule has 0 bridgehead atoms. The van der Waals surface area contributed by atoms with Crippen LogP contribution < -0.4 is 38.9 Å². The molecule has 0 aromatic rings. The zero-order chi connectivity index (χ0) is 25.0. The number of hydrogen-bond acceptors (Lipinski definition) is 8. The number of hydrogen-bond donors (Lipinski definition) is 9. The number of aliphatic carboxylic acids is 1. The van der Waals surface area contributed by atoms with Crippen LogP contribution in [-0.2, 0) is 24.0 Å². The molecular weight excluding hydrogens is 428 g/mol. The Balaban J connectivity index is 5.01. The summed E-state index contributed by atoms with van der Waals surface area (Å²) in [4.78, 5) is 62.6. The molecule has 0 heterocycles. The van der Waals surface area contributed by atoms with E-state index in [1.165, 1.54) is 13.8 Å². The number of primary amides is 1. The van der Waals surface area contributed by atoms with Crippen molar-refractivity contribution < 1.29 is 34.2 Å². The fourth-order valence-corrected chi connectivity index (χ4v) is 2.40. The molecule has 15 nitrogen and oxygen atoms in total. The summed E-state index contributed by atoms with van der Waals surface area (Å²) in [5.41, 5.74) is 20.8. The average molecular weight is 460 g/mol. The molecule has 182 valence electrons. The first-order chi connectivity index (χ1) is 14.8. The van der Waals surface area contributed by atoms with Crippen LogP contribution in [0.4, 0.5) is 0 Å². The lowest BCUT2D eigenvalue weighted by molar-refractivity contribution is -0.143. The summed E-state index contributed by atoms with van der Waals surface area (Å²) in [7, 11) is 0. The minimum Gasteiger partial charge on any atom is -0.480 e. The number of carboxylic acid groups (broad SMARTS) is 1. The SMILES string of the molecule is CC(NC(=O)C(N)CC(N)=O)C(=O)NC(C(=O)NC(CCCN=C(N)N)C(=O)O)C(C)O. The van der Waals surface area contributed by atoms with Gasteiger partial charge in [0, 0.05) is 6.54 Å². The van der Waals surface area contributed by atoms with Crippen molar-refractivity contribution in [3.63, 3.8) is 0 Å². The minimum absolute atomic E-state index is 0.0114. The van der Waals surface area contributed by atoms with Crippen LogP contribution in [0.2, 0.25) is 0 Å². The molecule has 0 fully saturated rings. The summed E-state index contributed by atoms with van der Waals surface area (Å²) >= 11 is 0. The van der Waals surface area contributed by atoms with Crippen LogP contribution in [-0.4, -0.2) is 82.6 Å². The number of aliphatic hydroxyl groups excluding tert-OH is 1. The van der Waals surface area contributed by atoms with E-state index in [9.17, 15) is 34.2 Å². The van der Waals surface area contributed by atoms with Gasteiger partial charge in [-0.05, 0) is 26.7 Å². The summed E-state index contributed by atoms with van der Waals surface area (Å²) in [5.74, 6) is -4.92. The number of aliphatic hydroxyl groups is 1. The van der Waals surface area contributed by atoms with E-state index in [1.807, 2.05) is 0 Å². The van der Waals surface area contributed by atoms with Crippen molar-refractivity contribution >= 4 is 35.6 Å². The summed E-state index contributed by atoms with van der Waals surface area (Å²) in [6.45, 7) is 2.64. The highest BCUT2D eigenvalue weighted by molar-refractivity contribution is 5.95. The molecule has 0 spiro atoms. The summed E-state index contributed by atoms with van der Waals surface area (Å²) in [5, 5.41) is 25.9. The van der Waals surface area contributed by atoms with Gasteiger partial charge in [0.2, 0.25) is 23.6 Å². The van der Waals surface area contributed by atoms with E-state index in [-0.39, 0.29) is 25.3 Å². The zero-order valence-corrected chi connectivity index (χ0v) is 17.9. The Morgan fingerprint density at radius 1 is 0.938 bits per heavy atom. The van der Waals surface area contributed by atoms with Crippen LogP contribution in [0.15, 0.2) is 4.99 Å². The maximum atomic E-state index is 12.5. The van der Waals surface area contributed by atoms with Gasteiger partial charge in [0.25, 0.3) is 0 Å². The molecule has 5 atom stereocenters. The Morgan fingerprint density at radius 2 is 1.53 bits per heavy atom. The van der Waals surface area contributed by atoms with Gasteiger partial charge in [-0.25, -0.2) is 4.79 Å². The molecule has 15 heteroatoms. The maximum absolute atomic E-state index is 12.5. The highest BCUT2D eigenvalue weighted by Crippen LogP contribution is 2.02. The Morgan fingerprint density at radius 3 is 2.00 bits per heavy atom. The monoisotopic (exact) mass is 460 g/mol. The maximum Gasteiger partial charge on any atom is 0.326 e. The van der Waals surface area contributed by atoms with Crippen molar-refractivity contribution in [3.05, 3.63) is 0 Å². The molecule has 0 aromatic carbocycles. The molecule has 13 N–H and O–H groups in total. The zero-order valence-electron chi connectivity index (χ0n) is 17.9. The van der Waals surface area contributed by atoms with Crippen molar-refractivity contribution in [2.75, 3.05) is 6.54 Å². The topological polar surface area (TPSA) is 278 Å². The van der Waals surface area contributed by atoms with Gasteiger partial charge >= 0.3 is 5.97 Å². The Kier molecular flexibility index (Phi) is 12.3. The lowest BCUT2D eigenvalue weighted by atomic mass is 10.1. The molecule has 0 aliphatic rings. The van der Waals surface area contributed by atoms with Gasteiger partial charge in [0.15, 0.2) is 5.96 Å². The van der Waals surface area contributed by atoms with Crippen molar-refractivity contribution in [1.29, 1.82) is 0 Å². The molecule has 32 heavy (non-hydrogen) atoms. The van der Waals surface area contributed by atoms with Gasteiger partial charge < -0.3 is 49.1 Å². The molecule has 0 aliphatic carbocycles. The third-order valence-corrected chi connectivity index (χ3v) is 4.13. The second-order valence-corrected chi connectivity index (χ2v) is 7.08. The van der Waals surface area contributed by atoms with E-state index < -0.39 is 66.3 Å². The Labute approximate surface area is 184 Å². The number of nitrogens with zero attached hydrogens (tertiary/aromatic N) is 1. The number of carbonyl (C=O) groups excluding carboxylic acids is 4. The van der Waals surface area contributed by atoms with Crippen LogP contribution in [0.1, 0.15) is 33.1 Å². The van der Waals surface area contributed by atoms with Crippen molar-refractivity contribution in [1.82, 2.24) is 16.0 Å². The number of guanidine groups is 1. The lowest BCUT2D eigenvalue weighted by Crippen LogP contribution is -2.59. The van der Waals surface area contributed by atoms with Crippen LogP contribution >= 0.6 is 0 Å². The van der Waals surface area contributed by atoms with Crippen LogP contribution in [0.5, 0.6) is 0 Å². The lowest BCUT2D eigenvalue weighted by Gasteiger charge is -2.25. The number of rotatable bonds is 14.